The van der Waals surface area contributed by atoms with Crippen LogP contribution in [0.2, 0.25) is 5.02 Å². The number of fused-ring (bicyclic) bond motifs is 1. The first-order chi connectivity index (χ1) is 17.3. The maximum absolute atomic E-state index is 15.0. The lowest BCUT2D eigenvalue weighted by molar-refractivity contribution is -0.0178. The predicted octanol–water partition coefficient (Wildman–Crippen LogP) is 3.99. The van der Waals surface area contributed by atoms with Crippen LogP contribution >= 0.6 is 11.6 Å². The van der Waals surface area contributed by atoms with E-state index in [4.69, 9.17) is 21.3 Å². The number of rotatable bonds is 4. The fourth-order valence-corrected chi connectivity index (χ4v) is 4.77. The second kappa shape index (κ2) is 8.63. The Bertz CT molecular complexity index is 1550. The number of morpholine rings is 1. The van der Waals surface area contributed by atoms with Gasteiger partial charge in [0.15, 0.2) is 5.52 Å². The second-order valence-corrected chi connectivity index (χ2v) is 9.98. The molecule has 1 saturated heterocycles. The van der Waals surface area contributed by atoms with E-state index in [1.165, 1.54) is 10.6 Å². The molecule has 1 saturated carbocycles. The van der Waals surface area contributed by atoms with E-state index in [9.17, 15) is 4.79 Å². The molecular weight excluding hydrogens is 485 g/mol. The molecule has 2 atom stereocenters. The molecule has 0 unspecified atom stereocenters. The lowest BCUT2D eigenvalue weighted by Gasteiger charge is -2.36. The third-order valence-corrected chi connectivity index (χ3v) is 7.02. The van der Waals surface area contributed by atoms with Crippen LogP contribution in [0.15, 0.2) is 35.4 Å². The third kappa shape index (κ3) is 4.04. The van der Waals surface area contributed by atoms with Gasteiger partial charge in [0.25, 0.3) is 5.56 Å². The van der Waals surface area contributed by atoms with Crippen LogP contribution in [0.5, 0.6) is 0 Å². The maximum Gasteiger partial charge on any atom is 0.279 e. The summed E-state index contributed by atoms with van der Waals surface area (Å²) in [5.74, 6) is 0.255. The number of aromatic nitrogens is 6. The van der Waals surface area contributed by atoms with Gasteiger partial charge in [-0.25, -0.2) is 19.3 Å². The lowest BCUT2D eigenvalue weighted by Crippen LogP contribution is -2.43. The molecule has 9 nitrogen and oxygen atoms in total. The van der Waals surface area contributed by atoms with Crippen molar-refractivity contribution in [3.8, 4) is 11.3 Å². The summed E-state index contributed by atoms with van der Waals surface area (Å²) < 4.78 is 24.7. The molecule has 0 amide bonds. The topological polar surface area (TPSA) is 91.0 Å². The Kier molecular flexibility index (Phi) is 5.53. The highest BCUT2D eigenvalue weighted by molar-refractivity contribution is 6.30. The van der Waals surface area contributed by atoms with Crippen molar-refractivity contribution in [2.24, 2.45) is 7.05 Å². The van der Waals surface area contributed by atoms with Crippen LogP contribution in [0.4, 0.5) is 10.3 Å². The maximum atomic E-state index is 15.0. The van der Waals surface area contributed by atoms with Crippen molar-refractivity contribution in [1.82, 2.24) is 29.3 Å². The Balaban J connectivity index is 1.47. The van der Waals surface area contributed by atoms with Crippen molar-refractivity contribution in [3.63, 3.8) is 0 Å². The van der Waals surface area contributed by atoms with E-state index >= 15 is 4.39 Å². The van der Waals surface area contributed by atoms with Crippen LogP contribution in [0.1, 0.15) is 43.3 Å². The lowest BCUT2D eigenvalue weighted by atomic mass is 10.1. The van der Waals surface area contributed by atoms with E-state index in [2.05, 4.69) is 15.1 Å². The van der Waals surface area contributed by atoms with E-state index in [1.807, 2.05) is 28.9 Å². The number of halogens is 2. The summed E-state index contributed by atoms with van der Waals surface area (Å²) in [7, 11) is 1.64. The van der Waals surface area contributed by atoms with Gasteiger partial charge in [-0.2, -0.15) is 5.10 Å². The molecule has 0 spiro atoms. The van der Waals surface area contributed by atoms with Gasteiger partial charge in [-0.1, -0.05) is 11.6 Å². The SMILES string of the molecule is Cc1nc2c(-c3ccc(Cl)cc3F)nc(N3C[C@H](C)O[C@@H](c4cnn(C5CC5)c4)C3)nc2c(=O)n1C. The Morgan fingerprint density at radius 1 is 1.14 bits per heavy atom. The summed E-state index contributed by atoms with van der Waals surface area (Å²) in [4.78, 5) is 29.1. The molecule has 0 radical (unpaired) electrons. The average molecular weight is 510 g/mol. The second-order valence-electron chi connectivity index (χ2n) is 9.54. The molecule has 1 aliphatic heterocycles. The van der Waals surface area contributed by atoms with Crippen LogP contribution < -0.4 is 10.5 Å². The fraction of sp³-hybridized carbons (Fsp3) is 0.400. The molecule has 3 aromatic heterocycles. The van der Waals surface area contributed by atoms with Gasteiger partial charge in [0, 0.05) is 35.9 Å². The van der Waals surface area contributed by atoms with Crippen molar-refractivity contribution >= 4 is 28.6 Å². The monoisotopic (exact) mass is 509 g/mol. The molecule has 0 bridgehead atoms. The quantitative estimate of drug-likeness (QED) is 0.411. The zero-order valence-electron chi connectivity index (χ0n) is 20.2. The fourth-order valence-electron chi connectivity index (χ4n) is 4.61. The zero-order chi connectivity index (χ0) is 25.1. The summed E-state index contributed by atoms with van der Waals surface area (Å²) in [6.45, 7) is 4.68. The smallest absolute Gasteiger partial charge is 0.279 e. The van der Waals surface area contributed by atoms with Crippen LogP contribution in [0.25, 0.3) is 22.3 Å². The van der Waals surface area contributed by atoms with Crippen molar-refractivity contribution in [2.75, 3.05) is 18.0 Å². The van der Waals surface area contributed by atoms with Crippen LogP contribution in [-0.2, 0) is 11.8 Å². The van der Waals surface area contributed by atoms with Gasteiger partial charge in [-0.15, -0.1) is 0 Å². The van der Waals surface area contributed by atoms with Crippen molar-refractivity contribution in [1.29, 1.82) is 0 Å². The van der Waals surface area contributed by atoms with Crippen molar-refractivity contribution in [3.05, 3.63) is 63.2 Å². The largest absolute Gasteiger partial charge is 0.367 e. The molecule has 2 fully saturated rings. The van der Waals surface area contributed by atoms with E-state index in [0.29, 0.717) is 30.9 Å². The summed E-state index contributed by atoms with van der Waals surface area (Å²) in [5.41, 5.74) is 1.51. The molecule has 6 rings (SSSR count). The summed E-state index contributed by atoms with van der Waals surface area (Å²) >= 11 is 5.99. The van der Waals surface area contributed by atoms with Gasteiger partial charge in [0.05, 0.1) is 24.9 Å². The van der Waals surface area contributed by atoms with E-state index < -0.39 is 5.82 Å². The van der Waals surface area contributed by atoms with E-state index in [-0.39, 0.29) is 45.1 Å². The highest BCUT2D eigenvalue weighted by atomic mass is 35.5. The molecule has 36 heavy (non-hydrogen) atoms. The number of hydrogen-bond donors (Lipinski definition) is 0. The first-order valence-corrected chi connectivity index (χ1v) is 12.3. The van der Waals surface area contributed by atoms with Crippen molar-refractivity contribution < 1.29 is 9.13 Å². The number of aryl methyl sites for hydroxylation is 1. The van der Waals surface area contributed by atoms with Gasteiger partial charge in [0.2, 0.25) is 5.95 Å². The van der Waals surface area contributed by atoms with Crippen molar-refractivity contribution in [2.45, 2.75) is 44.9 Å². The van der Waals surface area contributed by atoms with Crippen LogP contribution in [0.3, 0.4) is 0 Å². The third-order valence-electron chi connectivity index (χ3n) is 6.78. The Morgan fingerprint density at radius 3 is 2.69 bits per heavy atom. The molecule has 186 valence electrons. The molecular formula is C25H25ClFN7O2. The molecule has 2 aliphatic rings. The highest BCUT2D eigenvalue weighted by Gasteiger charge is 2.32. The average Bonchev–Trinajstić information content (AvgIpc) is 3.58. The number of nitrogens with zero attached hydrogens (tertiary/aromatic N) is 7. The zero-order valence-corrected chi connectivity index (χ0v) is 20.9. The number of anilines is 1. The molecule has 0 N–H and O–H groups in total. The molecule has 11 heteroatoms. The van der Waals surface area contributed by atoms with E-state index in [1.54, 1.807) is 26.1 Å². The number of ether oxygens (including phenoxy) is 1. The van der Waals surface area contributed by atoms with Crippen LogP contribution in [0, 0.1) is 12.7 Å². The standard InChI is InChI=1S/C25H25ClFN7O2/c1-13-10-33(12-20(36-13)15-9-28-34(11-15)17-5-6-17)25-30-21(18-7-4-16(26)8-19(18)27)22-23(31-25)24(35)32(3)14(2)29-22/h4,7-9,11,13,17,20H,5-6,10,12H2,1-3H3/t13-,20+/m0/s1. The number of benzene rings is 1. The minimum absolute atomic E-state index is 0.123. The normalized spacial score (nSPS) is 20.3. The number of hydrogen-bond acceptors (Lipinski definition) is 7. The molecule has 4 aromatic rings. The Morgan fingerprint density at radius 2 is 1.94 bits per heavy atom. The Hall–Kier alpha value is -3.37. The van der Waals surface area contributed by atoms with Gasteiger partial charge < -0.3 is 9.64 Å². The van der Waals surface area contributed by atoms with Crippen LogP contribution in [-0.4, -0.2) is 48.5 Å². The van der Waals surface area contributed by atoms with Gasteiger partial charge >= 0.3 is 0 Å². The van der Waals surface area contributed by atoms with E-state index in [0.717, 1.165) is 18.4 Å². The summed E-state index contributed by atoms with van der Waals surface area (Å²) in [5, 5.41) is 4.77. The van der Waals surface area contributed by atoms with Gasteiger partial charge in [-0.3, -0.25) is 14.0 Å². The first-order valence-electron chi connectivity index (χ1n) is 11.9. The molecule has 4 heterocycles. The Labute approximate surface area is 211 Å². The minimum Gasteiger partial charge on any atom is -0.367 e. The van der Waals surface area contributed by atoms with Gasteiger partial charge in [-0.05, 0) is 44.9 Å². The molecule has 1 aliphatic carbocycles. The first kappa shape index (κ1) is 23.1. The van der Waals surface area contributed by atoms with Gasteiger partial charge in [0.1, 0.15) is 29.0 Å². The minimum atomic E-state index is -0.547. The highest BCUT2D eigenvalue weighted by Crippen LogP contribution is 2.36. The summed E-state index contributed by atoms with van der Waals surface area (Å²) in [6.07, 6.45) is 5.81. The molecule has 1 aromatic carbocycles. The summed E-state index contributed by atoms with van der Waals surface area (Å²) in [6, 6.07) is 4.84. The predicted molar refractivity (Wildman–Crippen MR) is 134 cm³/mol.